The highest BCUT2D eigenvalue weighted by atomic mass is 19.4. The second-order valence-electron chi connectivity index (χ2n) is 5.32. The second-order valence-corrected chi connectivity index (χ2v) is 5.32. The zero-order chi connectivity index (χ0) is 16.8. The largest absolute Gasteiger partial charge is 0.480 e. The molecule has 0 bridgehead atoms. The highest BCUT2D eigenvalue weighted by Crippen LogP contribution is 2.36. The van der Waals surface area contributed by atoms with Crippen LogP contribution in [0.5, 0.6) is 0 Å². The Hall–Kier alpha value is -2.54. The molecule has 7 heteroatoms. The fourth-order valence-corrected chi connectivity index (χ4v) is 2.64. The van der Waals surface area contributed by atoms with Crippen LogP contribution < -0.4 is 5.06 Å². The Morgan fingerprint density at radius 3 is 2.26 bits per heavy atom. The number of aliphatic carboxylic acids is 1. The van der Waals surface area contributed by atoms with E-state index in [1.165, 1.54) is 12.1 Å². The van der Waals surface area contributed by atoms with Crippen molar-refractivity contribution < 1.29 is 28.3 Å². The summed E-state index contributed by atoms with van der Waals surface area (Å²) in [6.07, 6.45) is -4.22. The Morgan fingerprint density at radius 2 is 1.70 bits per heavy atom. The monoisotopic (exact) mass is 323 g/mol. The summed E-state index contributed by atoms with van der Waals surface area (Å²) in [6, 6.07) is 8.55. The molecule has 0 aliphatic carbocycles. The number of halogens is 3. The Labute approximate surface area is 129 Å². The molecule has 0 saturated carbocycles. The number of hydroxylamine groups is 1. The van der Waals surface area contributed by atoms with Gasteiger partial charge in [-0.15, -0.1) is 0 Å². The molecular formula is C16H12F3NO3. The third-order valence-corrected chi connectivity index (χ3v) is 3.87. The van der Waals surface area contributed by atoms with Crippen LogP contribution in [0.25, 0.3) is 11.1 Å². The van der Waals surface area contributed by atoms with Gasteiger partial charge in [-0.1, -0.05) is 24.3 Å². The van der Waals surface area contributed by atoms with Crippen molar-refractivity contribution in [3.8, 4) is 11.1 Å². The number of alkyl halides is 3. The number of carbonyl (C=O) groups is 1. The van der Waals surface area contributed by atoms with E-state index >= 15 is 0 Å². The topological polar surface area (TPSA) is 60.8 Å². The molecule has 2 aromatic carbocycles. The van der Waals surface area contributed by atoms with Gasteiger partial charge in [0.05, 0.1) is 11.3 Å². The van der Waals surface area contributed by atoms with E-state index in [1.807, 2.05) is 0 Å². The van der Waals surface area contributed by atoms with Crippen LogP contribution in [-0.4, -0.2) is 22.3 Å². The van der Waals surface area contributed by atoms with Gasteiger partial charge in [0.15, 0.2) is 6.04 Å². The van der Waals surface area contributed by atoms with Crippen LogP contribution in [0.1, 0.15) is 11.1 Å². The Balaban J connectivity index is 1.93. The third kappa shape index (κ3) is 2.75. The zero-order valence-electron chi connectivity index (χ0n) is 11.7. The van der Waals surface area contributed by atoms with Crippen LogP contribution in [0.4, 0.5) is 18.9 Å². The zero-order valence-corrected chi connectivity index (χ0v) is 11.7. The van der Waals surface area contributed by atoms with Crippen molar-refractivity contribution in [2.75, 3.05) is 5.06 Å². The number of carboxylic acids is 1. The minimum Gasteiger partial charge on any atom is -0.480 e. The van der Waals surface area contributed by atoms with Crippen molar-refractivity contribution >= 4 is 11.7 Å². The molecule has 1 heterocycles. The minimum absolute atomic E-state index is 0.175. The minimum atomic E-state index is -4.40. The number of nitrogens with zero attached hydrogens (tertiary/aromatic N) is 1. The summed E-state index contributed by atoms with van der Waals surface area (Å²) in [6.45, 7) is 0. The number of anilines is 1. The maximum Gasteiger partial charge on any atom is 0.416 e. The summed E-state index contributed by atoms with van der Waals surface area (Å²) in [7, 11) is 0. The molecule has 0 spiro atoms. The van der Waals surface area contributed by atoms with Crippen molar-refractivity contribution in [1.29, 1.82) is 0 Å². The lowest BCUT2D eigenvalue weighted by atomic mass is 10.0. The molecule has 2 N–H and O–H groups in total. The lowest BCUT2D eigenvalue weighted by Crippen LogP contribution is -2.35. The number of benzene rings is 2. The van der Waals surface area contributed by atoms with Gasteiger partial charge in [-0.25, -0.2) is 9.86 Å². The van der Waals surface area contributed by atoms with E-state index in [4.69, 9.17) is 5.11 Å². The highest BCUT2D eigenvalue weighted by molar-refractivity contribution is 5.83. The average molecular weight is 323 g/mol. The normalized spacial score (nSPS) is 17.2. The van der Waals surface area contributed by atoms with Crippen molar-refractivity contribution in [3.05, 3.63) is 53.6 Å². The standard InChI is InChI=1S/C16H12F3NO3/c17-16(18,19)12-5-3-9(4-6-12)10-1-2-11-8-14(15(21)22)20(23)13(11)7-10/h1-7,14,23H,8H2,(H,21,22). The molecule has 120 valence electrons. The first-order valence-corrected chi connectivity index (χ1v) is 6.79. The second kappa shape index (κ2) is 5.27. The first-order valence-electron chi connectivity index (χ1n) is 6.79. The Kier molecular flexibility index (Phi) is 3.52. The molecule has 0 saturated heterocycles. The van der Waals surface area contributed by atoms with Gasteiger partial charge in [0.1, 0.15) is 0 Å². The molecule has 1 aliphatic heterocycles. The van der Waals surface area contributed by atoms with Crippen molar-refractivity contribution in [3.63, 3.8) is 0 Å². The maximum atomic E-state index is 12.6. The summed E-state index contributed by atoms with van der Waals surface area (Å²) in [5, 5.41) is 19.7. The number of rotatable bonds is 2. The molecule has 4 nitrogen and oxygen atoms in total. The van der Waals surface area contributed by atoms with Gasteiger partial charge in [-0.05, 0) is 34.9 Å². The lowest BCUT2D eigenvalue weighted by Gasteiger charge is -2.16. The number of hydrogen-bond acceptors (Lipinski definition) is 3. The number of hydrogen-bond donors (Lipinski definition) is 2. The fourth-order valence-electron chi connectivity index (χ4n) is 2.64. The summed E-state index contributed by atoms with van der Waals surface area (Å²) in [4.78, 5) is 11.1. The quantitative estimate of drug-likeness (QED) is 0.887. The van der Waals surface area contributed by atoms with E-state index in [0.717, 1.165) is 12.1 Å². The highest BCUT2D eigenvalue weighted by Gasteiger charge is 2.34. The van der Waals surface area contributed by atoms with Crippen LogP contribution >= 0.6 is 0 Å². The molecule has 0 aromatic heterocycles. The van der Waals surface area contributed by atoms with E-state index < -0.39 is 23.8 Å². The summed E-state index contributed by atoms with van der Waals surface area (Å²) < 4.78 is 37.7. The van der Waals surface area contributed by atoms with Crippen LogP contribution in [-0.2, 0) is 17.4 Å². The lowest BCUT2D eigenvalue weighted by molar-refractivity contribution is -0.140. The molecule has 2 aromatic rings. The molecule has 0 fully saturated rings. The first kappa shape index (κ1) is 15.4. The van der Waals surface area contributed by atoms with E-state index in [1.54, 1.807) is 18.2 Å². The number of carboxylic acid groups (broad SMARTS) is 1. The molecule has 3 rings (SSSR count). The van der Waals surface area contributed by atoms with Crippen molar-refractivity contribution in [1.82, 2.24) is 0 Å². The number of fused-ring (bicyclic) bond motifs is 1. The Morgan fingerprint density at radius 1 is 1.09 bits per heavy atom. The molecule has 23 heavy (non-hydrogen) atoms. The predicted molar refractivity (Wildman–Crippen MR) is 76.3 cm³/mol. The molecule has 1 aliphatic rings. The van der Waals surface area contributed by atoms with Gasteiger partial charge >= 0.3 is 12.1 Å². The Bertz CT molecular complexity index is 756. The van der Waals surface area contributed by atoms with Crippen LogP contribution in [0.15, 0.2) is 42.5 Å². The average Bonchev–Trinajstić information content (AvgIpc) is 2.83. The predicted octanol–water partition coefficient (Wildman–Crippen LogP) is 3.58. The first-order chi connectivity index (χ1) is 10.8. The molecule has 0 amide bonds. The van der Waals surface area contributed by atoms with Crippen LogP contribution in [0.2, 0.25) is 0 Å². The van der Waals surface area contributed by atoms with Crippen LogP contribution in [0.3, 0.4) is 0 Å². The molecule has 1 atom stereocenters. The van der Waals surface area contributed by atoms with E-state index in [-0.39, 0.29) is 6.42 Å². The van der Waals surface area contributed by atoms with Gasteiger partial charge < -0.3 is 5.11 Å². The van der Waals surface area contributed by atoms with Gasteiger partial charge in [-0.3, -0.25) is 5.21 Å². The molecule has 0 radical (unpaired) electrons. The smallest absolute Gasteiger partial charge is 0.416 e. The van der Waals surface area contributed by atoms with E-state index in [0.29, 0.717) is 27.4 Å². The van der Waals surface area contributed by atoms with Gasteiger partial charge in [0.25, 0.3) is 0 Å². The van der Waals surface area contributed by atoms with Gasteiger partial charge in [0.2, 0.25) is 0 Å². The van der Waals surface area contributed by atoms with Gasteiger partial charge in [-0.2, -0.15) is 13.2 Å². The fraction of sp³-hybridized carbons (Fsp3) is 0.188. The SMILES string of the molecule is O=C(O)C1Cc2ccc(-c3ccc(C(F)(F)F)cc3)cc2N1O. The van der Waals surface area contributed by atoms with Crippen LogP contribution in [0, 0.1) is 0 Å². The van der Waals surface area contributed by atoms with Crippen molar-refractivity contribution in [2.45, 2.75) is 18.6 Å². The summed E-state index contributed by atoms with van der Waals surface area (Å²) in [5.74, 6) is -1.14. The summed E-state index contributed by atoms with van der Waals surface area (Å²) >= 11 is 0. The maximum absolute atomic E-state index is 12.6. The summed E-state index contributed by atoms with van der Waals surface area (Å²) in [5.41, 5.74) is 1.44. The molecule has 1 unspecified atom stereocenters. The third-order valence-electron chi connectivity index (χ3n) is 3.87. The van der Waals surface area contributed by atoms with E-state index in [9.17, 15) is 23.2 Å². The van der Waals surface area contributed by atoms with Gasteiger partial charge in [0, 0.05) is 6.42 Å². The van der Waals surface area contributed by atoms with Crippen molar-refractivity contribution in [2.24, 2.45) is 0 Å². The molecular weight excluding hydrogens is 311 g/mol. The van der Waals surface area contributed by atoms with E-state index in [2.05, 4.69) is 0 Å².